The van der Waals surface area contributed by atoms with Crippen molar-refractivity contribution < 1.29 is 9.59 Å². The molecule has 0 atom stereocenters. The second-order valence-corrected chi connectivity index (χ2v) is 4.54. The van der Waals surface area contributed by atoms with E-state index in [1.54, 1.807) is 6.07 Å². The molecule has 1 aromatic carbocycles. The van der Waals surface area contributed by atoms with E-state index < -0.39 is 11.8 Å². The first-order chi connectivity index (χ1) is 9.56. The Labute approximate surface area is 120 Å². The summed E-state index contributed by atoms with van der Waals surface area (Å²) >= 11 is 4.60. The molecule has 0 aliphatic rings. The fraction of sp³-hybridized carbons (Fsp3) is 0.0769. The lowest BCUT2D eigenvalue weighted by atomic mass is 10.2. The van der Waals surface area contributed by atoms with Gasteiger partial charge < -0.3 is 16.4 Å². The van der Waals surface area contributed by atoms with Crippen molar-refractivity contribution in [3.05, 3.63) is 36.5 Å². The molecule has 2 aromatic rings. The Balaban J connectivity index is 2.05. The molecule has 0 saturated carbocycles. The van der Waals surface area contributed by atoms with E-state index in [9.17, 15) is 9.59 Å². The highest BCUT2D eigenvalue weighted by atomic mass is 32.1. The van der Waals surface area contributed by atoms with Gasteiger partial charge in [0.05, 0.1) is 28.9 Å². The fourth-order valence-corrected chi connectivity index (χ4v) is 1.65. The first-order valence-electron chi connectivity index (χ1n) is 5.78. The minimum atomic E-state index is -0.800. The third-order valence-electron chi connectivity index (χ3n) is 2.48. The van der Waals surface area contributed by atoms with Gasteiger partial charge in [-0.05, 0) is 12.1 Å². The van der Waals surface area contributed by atoms with Gasteiger partial charge in [0.15, 0.2) is 0 Å². The van der Waals surface area contributed by atoms with Crippen molar-refractivity contribution in [1.82, 2.24) is 10.3 Å². The highest BCUT2D eigenvalue weighted by Crippen LogP contribution is 2.15. The summed E-state index contributed by atoms with van der Waals surface area (Å²) in [5, 5.41) is 5.63. The Morgan fingerprint density at radius 2 is 2.00 bits per heavy atom. The normalized spacial score (nSPS) is 10.0. The van der Waals surface area contributed by atoms with E-state index in [2.05, 4.69) is 27.8 Å². The number of nitrogens with zero attached hydrogens (tertiary/aromatic N) is 1. The van der Waals surface area contributed by atoms with Crippen LogP contribution in [0.3, 0.4) is 0 Å². The zero-order valence-corrected chi connectivity index (χ0v) is 11.2. The van der Waals surface area contributed by atoms with Crippen molar-refractivity contribution in [3.8, 4) is 0 Å². The summed E-state index contributed by atoms with van der Waals surface area (Å²) in [4.78, 5) is 27.4. The lowest BCUT2D eigenvalue weighted by molar-refractivity contribution is -0.135. The summed E-state index contributed by atoms with van der Waals surface area (Å²) in [6.07, 6.45) is 1.49. The minimum absolute atomic E-state index is 0.0163. The SMILES string of the molecule is NC(=S)CNC(=O)C(=O)Nc1cnc2ccccc2c1. The lowest BCUT2D eigenvalue weighted by Crippen LogP contribution is -2.39. The number of pyridine rings is 1. The topological polar surface area (TPSA) is 97.1 Å². The fourth-order valence-electron chi connectivity index (χ4n) is 1.57. The van der Waals surface area contributed by atoms with Crippen LogP contribution in [0.25, 0.3) is 10.9 Å². The molecule has 1 aromatic heterocycles. The van der Waals surface area contributed by atoms with Crippen LogP contribution in [-0.4, -0.2) is 28.3 Å². The van der Waals surface area contributed by atoms with Gasteiger partial charge >= 0.3 is 11.8 Å². The Hall–Kier alpha value is -2.54. The predicted octanol–water partition coefficient (Wildman–Crippen LogP) is 0.576. The quantitative estimate of drug-likeness (QED) is 0.567. The molecule has 0 saturated heterocycles. The summed E-state index contributed by atoms with van der Waals surface area (Å²) < 4.78 is 0. The van der Waals surface area contributed by atoms with Crippen molar-refractivity contribution in [1.29, 1.82) is 0 Å². The highest BCUT2D eigenvalue weighted by molar-refractivity contribution is 7.80. The number of aromatic nitrogens is 1. The number of nitrogens with one attached hydrogen (secondary N) is 2. The van der Waals surface area contributed by atoms with Gasteiger partial charge in [-0.1, -0.05) is 30.4 Å². The van der Waals surface area contributed by atoms with Gasteiger partial charge in [0.25, 0.3) is 0 Å². The van der Waals surface area contributed by atoms with Gasteiger partial charge in [0, 0.05) is 5.39 Å². The summed E-state index contributed by atoms with van der Waals surface area (Å²) in [7, 11) is 0. The van der Waals surface area contributed by atoms with Crippen LogP contribution in [0, 0.1) is 0 Å². The molecule has 102 valence electrons. The molecule has 7 heteroatoms. The number of benzene rings is 1. The number of fused-ring (bicyclic) bond motifs is 1. The zero-order valence-electron chi connectivity index (χ0n) is 10.4. The molecule has 0 aliphatic carbocycles. The number of hydrogen-bond donors (Lipinski definition) is 3. The molecule has 2 amide bonds. The molecule has 0 radical (unpaired) electrons. The van der Waals surface area contributed by atoms with Crippen LogP contribution < -0.4 is 16.4 Å². The monoisotopic (exact) mass is 288 g/mol. The molecule has 0 fully saturated rings. The maximum absolute atomic E-state index is 11.6. The molecule has 0 bridgehead atoms. The second kappa shape index (κ2) is 6.07. The first-order valence-corrected chi connectivity index (χ1v) is 6.19. The van der Waals surface area contributed by atoms with E-state index in [0.717, 1.165) is 10.9 Å². The minimum Gasteiger partial charge on any atom is -0.392 e. The average molecular weight is 288 g/mol. The third kappa shape index (κ3) is 3.48. The Morgan fingerprint density at radius 3 is 2.75 bits per heavy atom. The van der Waals surface area contributed by atoms with E-state index in [-0.39, 0.29) is 11.5 Å². The maximum atomic E-state index is 11.6. The van der Waals surface area contributed by atoms with E-state index >= 15 is 0 Å². The van der Waals surface area contributed by atoms with Crippen molar-refractivity contribution in [2.24, 2.45) is 5.73 Å². The largest absolute Gasteiger partial charge is 0.392 e. The molecule has 2 rings (SSSR count). The average Bonchev–Trinajstić information content (AvgIpc) is 2.44. The smallest absolute Gasteiger partial charge is 0.313 e. The Kier molecular flexibility index (Phi) is 4.21. The highest BCUT2D eigenvalue weighted by Gasteiger charge is 2.13. The molecule has 0 aliphatic heterocycles. The summed E-state index contributed by atoms with van der Waals surface area (Å²) in [6, 6.07) is 9.20. The number of thiocarbonyl (C=S) groups is 1. The number of para-hydroxylation sites is 1. The summed E-state index contributed by atoms with van der Waals surface area (Å²) in [6.45, 7) is -0.0163. The van der Waals surface area contributed by atoms with Gasteiger partial charge in [-0.3, -0.25) is 14.6 Å². The molecule has 0 spiro atoms. The first kappa shape index (κ1) is 13.9. The molecule has 0 unspecified atom stereocenters. The van der Waals surface area contributed by atoms with Crippen LogP contribution in [-0.2, 0) is 9.59 Å². The molecule has 20 heavy (non-hydrogen) atoms. The van der Waals surface area contributed by atoms with Crippen molar-refractivity contribution in [2.75, 3.05) is 11.9 Å². The summed E-state index contributed by atoms with van der Waals surface area (Å²) in [5.41, 5.74) is 6.48. The van der Waals surface area contributed by atoms with Crippen molar-refractivity contribution >= 4 is 45.6 Å². The zero-order chi connectivity index (χ0) is 14.5. The van der Waals surface area contributed by atoms with Crippen LogP contribution in [0.2, 0.25) is 0 Å². The number of nitrogens with two attached hydrogens (primary N) is 1. The molecular formula is C13H12N4O2S. The standard InChI is InChI=1S/C13H12N4O2S/c14-11(20)7-16-12(18)13(19)17-9-5-8-3-1-2-4-10(8)15-6-9/h1-6H,7H2,(H2,14,20)(H,16,18)(H,17,19). The van der Waals surface area contributed by atoms with Crippen LogP contribution in [0.15, 0.2) is 36.5 Å². The van der Waals surface area contributed by atoms with Crippen LogP contribution in [0.5, 0.6) is 0 Å². The number of amides is 2. The van der Waals surface area contributed by atoms with E-state index in [4.69, 9.17) is 5.73 Å². The van der Waals surface area contributed by atoms with E-state index in [1.165, 1.54) is 6.20 Å². The molecular weight excluding hydrogens is 276 g/mol. The van der Waals surface area contributed by atoms with E-state index in [0.29, 0.717) is 5.69 Å². The number of hydrogen-bond acceptors (Lipinski definition) is 4. The van der Waals surface area contributed by atoms with Gasteiger partial charge in [-0.15, -0.1) is 0 Å². The molecule has 6 nitrogen and oxygen atoms in total. The van der Waals surface area contributed by atoms with Gasteiger partial charge in [0.1, 0.15) is 0 Å². The number of carbonyl (C=O) groups excluding carboxylic acids is 2. The van der Waals surface area contributed by atoms with Crippen molar-refractivity contribution in [2.45, 2.75) is 0 Å². The van der Waals surface area contributed by atoms with Crippen LogP contribution >= 0.6 is 12.2 Å². The molecule has 1 heterocycles. The number of anilines is 1. The van der Waals surface area contributed by atoms with E-state index in [1.807, 2.05) is 24.3 Å². The number of carbonyl (C=O) groups is 2. The number of rotatable bonds is 3. The maximum Gasteiger partial charge on any atom is 0.313 e. The van der Waals surface area contributed by atoms with Gasteiger partial charge in [-0.25, -0.2) is 0 Å². The van der Waals surface area contributed by atoms with Gasteiger partial charge in [-0.2, -0.15) is 0 Å². The third-order valence-corrected chi connectivity index (χ3v) is 2.62. The van der Waals surface area contributed by atoms with Gasteiger partial charge in [0.2, 0.25) is 0 Å². The van der Waals surface area contributed by atoms with Crippen molar-refractivity contribution in [3.63, 3.8) is 0 Å². The lowest BCUT2D eigenvalue weighted by Gasteiger charge is -2.06. The summed E-state index contributed by atoms with van der Waals surface area (Å²) in [5.74, 6) is -1.59. The second-order valence-electron chi connectivity index (χ2n) is 4.02. The predicted molar refractivity (Wildman–Crippen MR) is 80.2 cm³/mol. The molecule has 4 N–H and O–H groups in total. The Bertz CT molecular complexity index is 687. The Morgan fingerprint density at radius 1 is 1.25 bits per heavy atom. The van der Waals surface area contributed by atoms with Crippen LogP contribution in [0.4, 0.5) is 5.69 Å². The van der Waals surface area contributed by atoms with Crippen LogP contribution in [0.1, 0.15) is 0 Å².